The molecule has 20 heavy (non-hydrogen) atoms. The summed E-state index contributed by atoms with van der Waals surface area (Å²) in [6.45, 7) is 5.81. The summed E-state index contributed by atoms with van der Waals surface area (Å²) >= 11 is 0. The molecule has 0 aromatic heterocycles. The summed E-state index contributed by atoms with van der Waals surface area (Å²) in [6.07, 6.45) is 17.4. The molecule has 1 saturated heterocycles. The van der Waals surface area contributed by atoms with Gasteiger partial charge in [0.25, 0.3) is 0 Å². The van der Waals surface area contributed by atoms with Gasteiger partial charge in [0.15, 0.2) is 0 Å². The van der Waals surface area contributed by atoms with E-state index in [1.807, 2.05) is 0 Å². The number of carbonyl (C=O) groups excluding carboxylic acids is 1. The van der Waals surface area contributed by atoms with Crippen molar-refractivity contribution in [3.05, 3.63) is 0 Å². The third-order valence-corrected chi connectivity index (χ3v) is 4.65. The Morgan fingerprint density at radius 2 is 1.35 bits per heavy atom. The Kier molecular flexibility index (Phi) is 10.9. The van der Waals surface area contributed by atoms with E-state index in [0.717, 1.165) is 32.2 Å². The van der Waals surface area contributed by atoms with Crippen molar-refractivity contribution in [1.82, 2.24) is 4.90 Å². The summed E-state index contributed by atoms with van der Waals surface area (Å²) in [7, 11) is 0. The van der Waals surface area contributed by atoms with Gasteiger partial charge in [0.1, 0.15) is 6.29 Å². The lowest BCUT2D eigenvalue weighted by atomic mass is 9.98. The van der Waals surface area contributed by atoms with Crippen molar-refractivity contribution in [2.24, 2.45) is 5.92 Å². The fourth-order valence-corrected chi connectivity index (χ4v) is 3.14. The standard InChI is InChI=1S/C18H35NO/c1-2-3-4-5-6-7-8-9-10-11-14-19-15-12-18(17-20)13-16-19/h17-18H,2-16H2,1H3. The molecule has 1 rings (SSSR count). The lowest BCUT2D eigenvalue weighted by molar-refractivity contribution is -0.112. The van der Waals surface area contributed by atoms with Crippen molar-refractivity contribution < 1.29 is 4.79 Å². The average molecular weight is 281 g/mol. The zero-order valence-electron chi connectivity index (χ0n) is 13.6. The summed E-state index contributed by atoms with van der Waals surface area (Å²) in [5.74, 6) is 0.346. The number of carbonyl (C=O) groups is 1. The van der Waals surface area contributed by atoms with E-state index in [-0.39, 0.29) is 0 Å². The Labute approximate surface area is 126 Å². The summed E-state index contributed by atoms with van der Waals surface area (Å²) in [5.41, 5.74) is 0. The van der Waals surface area contributed by atoms with Crippen LogP contribution in [-0.4, -0.2) is 30.8 Å². The number of likely N-dealkylation sites (tertiary alicyclic amines) is 1. The molecule has 0 aromatic rings. The van der Waals surface area contributed by atoms with E-state index in [4.69, 9.17) is 0 Å². The maximum Gasteiger partial charge on any atom is 0.123 e. The molecule has 1 aliphatic rings. The lowest BCUT2D eigenvalue weighted by Gasteiger charge is -2.29. The first-order chi connectivity index (χ1) is 9.86. The van der Waals surface area contributed by atoms with E-state index in [2.05, 4.69) is 11.8 Å². The Morgan fingerprint density at radius 1 is 0.850 bits per heavy atom. The number of piperidine rings is 1. The number of aldehydes is 1. The van der Waals surface area contributed by atoms with Crippen molar-refractivity contribution in [3.63, 3.8) is 0 Å². The second kappa shape index (κ2) is 12.4. The van der Waals surface area contributed by atoms with Crippen LogP contribution in [-0.2, 0) is 4.79 Å². The average Bonchev–Trinajstić information content (AvgIpc) is 2.50. The minimum atomic E-state index is 0.346. The molecule has 0 saturated carbocycles. The summed E-state index contributed by atoms with van der Waals surface area (Å²) in [5, 5.41) is 0. The second-order valence-corrected chi connectivity index (χ2v) is 6.50. The molecule has 2 heteroatoms. The molecule has 1 fully saturated rings. The lowest BCUT2D eigenvalue weighted by Crippen LogP contribution is -2.34. The Bertz CT molecular complexity index is 221. The maximum atomic E-state index is 10.7. The van der Waals surface area contributed by atoms with Gasteiger partial charge in [-0.2, -0.15) is 0 Å². The molecule has 0 N–H and O–H groups in total. The highest BCUT2D eigenvalue weighted by Crippen LogP contribution is 2.16. The van der Waals surface area contributed by atoms with E-state index in [1.165, 1.54) is 70.8 Å². The van der Waals surface area contributed by atoms with Crippen molar-refractivity contribution >= 4 is 6.29 Å². The summed E-state index contributed by atoms with van der Waals surface area (Å²) < 4.78 is 0. The molecule has 0 spiro atoms. The van der Waals surface area contributed by atoms with Gasteiger partial charge >= 0.3 is 0 Å². The fourth-order valence-electron chi connectivity index (χ4n) is 3.14. The van der Waals surface area contributed by atoms with Crippen LogP contribution in [0, 0.1) is 5.92 Å². The highest BCUT2D eigenvalue weighted by Gasteiger charge is 2.17. The van der Waals surface area contributed by atoms with E-state index in [0.29, 0.717) is 5.92 Å². The monoisotopic (exact) mass is 281 g/mol. The SMILES string of the molecule is CCCCCCCCCCCCN1CCC(C=O)CC1. The van der Waals surface area contributed by atoms with Crippen molar-refractivity contribution in [2.75, 3.05) is 19.6 Å². The van der Waals surface area contributed by atoms with Gasteiger partial charge in [-0.05, 0) is 38.9 Å². The van der Waals surface area contributed by atoms with Gasteiger partial charge < -0.3 is 9.69 Å². The molecule has 1 heterocycles. The van der Waals surface area contributed by atoms with Crippen LogP contribution in [0.3, 0.4) is 0 Å². The van der Waals surface area contributed by atoms with Gasteiger partial charge in [0, 0.05) is 5.92 Å². The van der Waals surface area contributed by atoms with E-state index < -0.39 is 0 Å². The molecule has 118 valence electrons. The largest absolute Gasteiger partial charge is 0.303 e. The predicted octanol–water partition coefficient (Wildman–Crippen LogP) is 4.82. The molecular weight excluding hydrogens is 246 g/mol. The normalized spacial score (nSPS) is 17.4. The number of rotatable bonds is 12. The first-order valence-electron chi connectivity index (χ1n) is 9.04. The Hall–Kier alpha value is -0.370. The van der Waals surface area contributed by atoms with Crippen LogP contribution in [0.2, 0.25) is 0 Å². The number of hydrogen-bond donors (Lipinski definition) is 0. The van der Waals surface area contributed by atoms with E-state index >= 15 is 0 Å². The van der Waals surface area contributed by atoms with Gasteiger partial charge in [0.2, 0.25) is 0 Å². The summed E-state index contributed by atoms with van der Waals surface area (Å²) in [6, 6.07) is 0. The smallest absolute Gasteiger partial charge is 0.123 e. The predicted molar refractivity (Wildman–Crippen MR) is 87.1 cm³/mol. The van der Waals surface area contributed by atoms with Crippen molar-refractivity contribution in [1.29, 1.82) is 0 Å². The number of hydrogen-bond acceptors (Lipinski definition) is 2. The first-order valence-corrected chi connectivity index (χ1v) is 9.04. The zero-order valence-corrected chi connectivity index (χ0v) is 13.6. The molecular formula is C18H35NO. The van der Waals surface area contributed by atoms with E-state index in [9.17, 15) is 4.79 Å². The van der Waals surface area contributed by atoms with Crippen LogP contribution in [0.5, 0.6) is 0 Å². The van der Waals surface area contributed by atoms with Gasteiger partial charge in [-0.15, -0.1) is 0 Å². The second-order valence-electron chi connectivity index (χ2n) is 6.50. The molecule has 2 nitrogen and oxygen atoms in total. The molecule has 0 aromatic carbocycles. The van der Waals surface area contributed by atoms with Crippen LogP contribution < -0.4 is 0 Å². The van der Waals surface area contributed by atoms with Crippen LogP contribution in [0.25, 0.3) is 0 Å². The minimum Gasteiger partial charge on any atom is -0.303 e. The van der Waals surface area contributed by atoms with Gasteiger partial charge in [0.05, 0.1) is 0 Å². The molecule has 0 aliphatic carbocycles. The van der Waals surface area contributed by atoms with Crippen LogP contribution in [0.4, 0.5) is 0 Å². The Balaban J connectivity index is 1.80. The topological polar surface area (TPSA) is 20.3 Å². The first kappa shape index (κ1) is 17.7. The fraction of sp³-hybridized carbons (Fsp3) is 0.944. The molecule has 0 atom stereocenters. The van der Waals surface area contributed by atoms with Crippen LogP contribution in [0.1, 0.15) is 84.0 Å². The molecule has 0 radical (unpaired) electrons. The molecule has 0 bridgehead atoms. The highest BCUT2D eigenvalue weighted by atomic mass is 16.1. The number of unbranched alkanes of at least 4 members (excludes halogenated alkanes) is 9. The third-order valence-electron chi connectivity index (χ3n) is 4.65. The molecule has 0 unspecified atom stereocenters. The zero-order chi connectivity index (χ0) is 14.5. The Morgan fingerprint density at radius 3 is 1.85 bits per heavy atom. The number of nitrogens with zero attached hydrogens (tertiary/aromatic N) is 1. The molecule has 0 amide bonds. The minimum absolute atomic E-state index is 0.346. The third kappa shape index (κ3) is 8.73. The van der Waals surface area contributed by atoms with Gasteiger partial charge in [-0.3, -0.25) is 0 Å². The highest BCUT2D eigenvalue weighted by molar-refractivity contribution is 5.53. The van der Waals surface area contributed by atoms with Gasteiger partial charge in [-0.1, -0.05) is 64.7 Å². The van der Waals surface area contributed by atoms with Crippen molar-refractivity contribution in [3.8, 4) is 0 Å². The summed E-state index contributed by atoms with van der Waals surface area (Å²) in [4.78, 5) is 13.2. The van der Waals surface area contributed by atoms with Gasteiger partial charge in [-0.25, -0.2) is 0 Å². The quantitative estimate of drug-likeness (QED) is 0.377. The molecule has 1 aliphatic heterocycles. The van der Waals surface area contributed by atoms with Crippen LogP contribution in [0.15, 0.2) is 0 Å². The maximum absolute atomic E-state index is 10.7. The van der Waals surface area contributed by atoms with E-state index in [1.54, 1.807) is 0 Å². The van der Waals surface area contributed by atoms with Crippen LogP contribution >= 0.6 is 0 Å². The van der Waals surface area contributed by atoms with Crippen molar-refractivity contribution in [2.45, 2.75) is 84.0 Å².